The normalized spacial score (nSPS) is 23.4. The Kier molecular flexibility index (Phi) is 9.49. The third-order valence-corrected chi connectivity index (χ3v) is 8.86. The molecule has 0 bridgehead atoms. The number of carbonyl (C=O) groups excluding carboxylic acids is 2. The Morgan fingerprint density at radius 2 is 1.75 bits per heavy atom. The number of piperazine rings is 1. The van der Waals surface area contributed by atoms with Crippen LogP contribution in [0.15, 0.2) is 24.3 Å². The molecule has 0 aromatic heterocycles. The maximum absolute atomic E-state index is 13.7. The number of benzene rings is 1. The second kappa shape index (κ2) is 12.6. The summed E-state index contributed by atoms with van der Waals surface area (Å²) in [5.41, 5.74) is 2.08. The number of amides is 2. The van der Waals surface area contributed by atoms with Crippen LogP contribution in [0.3, 0.4) is 0 Å². The molecule has 3 fully saturated rings. The maximum Gasteiger partial charge on any atom is 0.246 e. The molecule has 1 aliphatic carbocycles. The van der Waals surface area contributed by atoms with E-state index < -0.39 is 5.54 Å². The Bertz CT molecular complexity index is 868. The summed E-state index contributed by atoms with van der Waals surface area (Å²) in [4.78, 5) is 31.8. The molecule has 2 aliphatic heterocycles. The van der Waals surface area contributed by atoms with Crippen LogP contribution < -0.4 is 5.32 Å². The number of nitrogens with one attached hydrogen (secondary N) is 1. The molecule has 1 atom stereocenters. The van der Waals surface area contributed by atoms with Crippen molar-refractivity contribution in [3.05, 3.63) is 35.4 Å². The zero-order valence-corrected chi connectivity index (χ0v) is 23.1. The highest BCUT2D eigenvalue weighted by Crippen LogP contribution is 2.35. The average molecular weight is 496 g/mol. The van der Waals surface area contributed by atoms with Crippen molar-refractivity contribution in [2.75, 3.05) is 19.6 Å². The highest BCUT2D eigenvalue weighted by Gasteiger charge is 2.53. The number of hydrogen-bond acceptors (Lipinski definition) is 3. The van der Waals surface area contributed by atoms with E-state index in [9.17, 15) is 9.59 Å². The Morgan fingerprint density at radius 1 is 1.03 bits per heavy atom. The first-order chi connectivity index (χ1) is 17.4. The summed E-state index contributed by atoms with van der Waals surface area (Å²) in [6.07, 6.45) is 13.0. The van der Waals surface area contributed by atoms with Crippen LogP contribution in [0, 0.1) is 11.8 Å². The van der Waals surface area contributed by atoms with Crippen molar-refractivity contribution in [1.29, 1.82) is 0 Å². The van der Waals surface area contributed by atoms with Crippen molar-refractivity contribution in [3.8, 4) is 0 Å². The molecular weight excluding hydrogens is 446 g/mol. The minimum absolute atomic E-state index is 0.102. The van der Waals surface area contributed by atoms with E-state index in [0.717, 1.165) is 70.5 Å². The van der Waals surface area contributed by atoms with Gasteiger partial charge in [-0.3, -0.25) is 14.5 Å². The van der Waals surface area contributed by atoms with E-state index in [2.05, 4.69) is 55.3 Å². The highest BCUT2D eigenvalue weighted by molar-refractivity contribution is 6.00. The number of hydrogen-bond donors (Lipinski definition) is 1. The van der Waals surface area contributed by atoms with Crippen LogP contribution in [0.5, 0.6) is 0 Å². The number of unbranched alkanes of at least 4 members (excludes halogenated alkanes) is 1. The summed E-state index contributed by atoms with van der Waals surface area (Å²) in [5.74, 6) is 1.66. The van der Waals surface area contributed by atoms with Gasteiger partial charge in [0.05, 0.1) is 0 Å². The largest absolute Gasteiger partial charge is 0.342 e. The predicted molar refractivity (Wildman–Crippen MR) is 147 cm³/mol. The molecule has 36 heavy (non-hydrogen) atoms. The Morgan fingerprint density at radius 3 is 2.44 bits per heavy atom. The van der Waals surface area contributed by atoms with Crippen LogP contribution in [-0.4, -0.2) is 52.8 Å². The first-order valence-corrected chi connectivity index (χ1v) is 14.8. The lowest BCUT2D eigenvalue weighted by Gasteiger charge is -2.52. The standard InChI is InChI=1S/C31H49N3O2/c1-4-5-18-34-29(35)28(15-14-25-10-7-6-8-11-25)32-30(36)31(34)16-19-33(20-17-31)23-27-13-9-12-26(22-27)21-24(2)3/h9,12-13,22,24-25,28H,4-8,10-11,14-21,23H2,1-3H3,(H,32,36)/t28-/m0/s1. The van der Waals surface area contributed by atoms with Gasteiger partial charge in [-0.1, -0.05) is 83.6 Å². The van der Waals surface area contributed by atoms with Gasteiger partial charge in [-0.05, 0) is 61.5 Å². The fourth-order valence-electron chi connectivity index (χ4n) is 6.75. The molecule has 3 aliphatic rings. The summed E-state index contributed by atoms with van der Waals surface area (Å²) in [6, 6.07) is 8.62. The monoisotopic (exact) mass is 495 g/mol. The molecule has 2 heterocycles. The van der Waals surface area contributed by atoms with Crippen molar-refractivity contribution >= 4 is 11.8 Å². The lowest BCUT2D eigenvalue weighted by atomic mass is 9.80. The van der Waals surface area contributed by atoms with Crippen molar-refractivity contribution in [2.45, 2.75) is 116 Å². The molecule has 1 aromatic carbocycles. The molecule has 2 amide bonds. The molecule has 1 aromatic rings. The lowest BCUT2D eigenvalue weighted by Crippen LogP contribution is -2.72. The van der Waals surface area contributed by atoms with Crippen LogP contribution in [0.2, 0.25) is 0 Å². The van der Waals surface area contributed by atoms with E-state index in [4.69, 9.17) is 0 Å². The molecule has 0 unspecified atom stereocenters. The van der Waals surface area contributed by atoms with Crippen LogP contribution >= 0.6 is 0 Å². The van der Waals surface area contributed by atoms with E-state index in [0.29, 0.717) is 12.5 Å². The van der Waals surface area contributed by atoms with E-state index in [-0.39, 0.29) is 17.9 Å². The minimum Gasteiger partial charge on any atom is -0.342 e. The van der Waals surface area contributed by atoms with Crippen molar-refractivity contribution in [1.82, 2.24) is 15.1 Å². The number of carbonyl (C=O) groups is 2. The van der Waals surface area contributed by atoms with Crippen LogP contribution in [0.4, 0.5) is 0 Å². The molecule has 1 spiro atoms. The molecule has 5 heteroatoms. The Labute approximate surface area is 219 Å². The molecule has 1 N–H and O–H groups in total. The van der Waals surface area contributed by atoms with Crippen LogP contribution in [0.1, 0.15) is 103 Å². The van der Waals surface area contributed by atoms with Crippen molar-refractivity contribution < 1.29 is 9.59 Å². The Balaban J connectivity index is 1.39. The SMILES string of the molecule is CCCCN1C(=O)[C@H](CCC2CCCCC2)NC(=O)C12CCN(Cc1cccc(CC(C)C)c1)CC2. The number of piperidine rings is 1. The smallest absolute Gasteiger partial charge is 0.246 e. The second-order valence-corrected chi connectivity index (χ2v) is 12.2. The summed E-state index contributed by atoms with van der Waals surface area (Å²) in [7, 11) is 0. The molecule has 2 saturated heterocycles. The fraction of sp³-hybridized carbons (Fsp3) is 0.742. The molecule has 4 rings (SSSR count). The van der Waals surface area contributed by atoms with E-state index in [1.165, 1.54) is 43.2 Å². The van der Waals surface area contributed by atoms with E-state index >= 15 is 0 Å². The van der Waals surface area contributed by atoms with Gasteiger partial charge in [0.2, 0.25) is 11.8 Å². The third kappa shape index (κ3) is 6.51. The van der Waals surface area contributed by atoms with Gasteiger partial charge < -0.3 is 10.2 Å². The number of likely N-dealkylation sites (tertiary alicyclic amines) is 1. The number of nitrogens with zero attached hydrogens (tertiary/aromatic N) is 2. The van der Waals surface area contributed by atoms with Gasteiger partial charge in [0.15, 0.2) is 0 Å². The second-order valence-electron chi connectivity index (χ2n) is 12.2. The first kappa shape index (κ1) is 27.2. The van der Waals surface area contributed by atoms with Gasteiger partial charge >= 0.3 is 0 Å². The zero-order valence-electron chi connectivity index (χ0n) is 23.1. The first-order valence-electron chi connectivity index (χ1n) is 14.8. The summed E-state index contributed by atoms with van der Waals surface area (Å²) >= 11 is 0. The van der Waals surface area contributed by atoms with Gasteiger partial charge in [0.25, 0.3) is 0 Å². The van der Waals surface area contributed by atoms with Crippen molar-refractivity contribution in [2.24, 2.45) is 11.8 Å². The lowest BCUT2D eigenvalue weighted by molar-refractivity contribution is -0.161. The quantitative estimate of drug-likeness (QED) is 0.452. The molecule has 0 radical (unpaired) electrons. The summed E-state index contributed by atoms with van der Waals surface area (Å²) in [6.45, 7) is 10.0. The van der Waals surface area contributed by atoms with Gasteiger partial charge in [0, 0.05) is 26.2 Å². The average Bonchev–Trinajstić information content (AvgIpc) is 2.87. The highest BCUT2D eigenvalue weighted by atomic mass is 16.2. The third-order valence-electron chi connectivity index (χ3n) is 8.86. The number of rotatable bonds is 10. The van der Waals surface area contributed by atoms with Crippen LogP contribution in [-0.2, 0) is 22.6 Å². The minimum atomic E-state index is -0.663. The topological polar surface area (TPSA) is 52.7 Å². The van der Waals surface area contributed by atoms with E-state index in [1.54, 1.807) is 0 Å². The molecule has 5 nitrogen and oxygen atoms in total. The van der Waals surface area contributed by atoms with E-state index in [1.807, 2.05) is 4.90 Å². The Hall–Kier alpha value is -1.88. The molecular formula is C31H49N3O2. The van der Waals surface area contributed by atoms with Crippen molar-refractivity contribution in [3.63, 3.8) is 0 Å². The molecule has 200 valence electrons. The van der Waals surface area contributed by atoms with Gasteiger partial charge in [-0.15, -0.1) is 0 Å². The predicted octanol–water partition coefficient (Wildman–Crippen LogP) is 5.71. The maximum atomic E-state index is 13.7. The van der Waals surface area contributed by atoms with Gasteiger partial charge in [-0.25, -0.2) is 0 Å². The zero-order chi connectivity index (χ0) is 25.5. The summed E-state index contributed by atoms with van der Waals surface area (Å²) in [5, 5.41) is 3.21. The molecule has 1 saturated carbocycles. The fourth-order valence-corrected chi connectivity index (χ4v) is 6.75. The summed E-state index contributed by atoms with van der Waals surface area (Å²) < 4.78 is 0. The van der Waals surface area contributed by atoms with Gasteiger partial charge in [-0.2, -0.15) is 0 Å². The van der Waals surface area contributed by atoms with Crippen LogP contribution in [0.25, 0.3) is 0 Å². The van der Waals surface area contributed by atoms with Gasteiger partial charge in [0.1, 0.15) is 11.6 Å².